The van der Waals surface area contributed by atoms with Crippen molar-refractivity contribution in [2.24, 2.45) is 0 Å². The number of hydrogen-bond acceptors (Lipinski definition) is 3. The third kappa shape index (κ3) is 1.97. The van der Waals surface area contributed by atoms with Gasteiger partial charge in [-0.25, -0.2) is 0 Å². The Hall–Kier alpha value is -0.280. The molecule has 0 saturated heterocycles. The molecular formula is C10H15NOS. The number of carbonyl (C=O) groups excluding carboxylic acids is 1. The molecule has 0 saturated carbocycles. The maximum Gasteiger partial charge on any atom is 0.197 e. The zero-order valence-electron chi connectivity index (χ0n) is 8.01. The van der Waals surface area contributed by atoms with E-state index in [1.165, 1.54) is 35.2 Å². The first-order valence-electron chi connectivity index (χ1n) is 4.93. The van der Waals surface area contributed by atoms with Crippen molar-refractivity contribution in [1.82, 2.24) is 4.90 Å². The molecule has 3 heteroatoms. The Labute approximate surface area is 83.4 Å². The van der Waals surface area contributed by atoms with E-state index >= 15 is 0 Å². The molecule has 0 unspecified atom stereocenters. The monoisotopic (exact) mass is 197 g/mol. The minimum atomic E-state index is 0.350. The molecule has 0 aromatic rings. The third-order valence-electron chi connectivity index (χ3n) is 2.60. The minimum Gasteiger partial charge on any atom is -0.299 e. The van der Waals surface area contributed by atoms with Crippen LogP contribution in [0.2, 0.25) is 0 Å². The highest BCUT2D eigenvalue weighted by Gasteiger charge is 2.27. The molecule has 0 bridgehead atoms. The van der Waals surface area contributed by atoms with Gasteiger partial charge in [0, 0.05) is 19.5 Å². The van der Waals surface area contributed by atoms with Gasteiger partial charge in [0.2, 0.25) is 0 Å². The fourth-order valence-corrected chi connectivity index (χ4v) is 3.00. The van der Waals surface area contributed by atoms with Crippen molar-refractivity contribution in [2.45, 2.75) is 26.2 Å². The quantitative estimate of drug-likeness (QED) is 0.675. The maximum absolute atomic E-state index is 11.2. The second kappa shape index (κ2) is 3.84. The number of carbonyl (C=O) groups is 1. The van der Waals surface area contributed by atoms with Gasteiger partial charge in [0.05, 0.1) is 0 Å². The first kappa shape index (κ1) is 9.28. The number of thioether (sulfide) groups is 1. The molecule has 2 aliphatic rings. The van der Waals surface area contributed by atoms with Crippen LogP contribution in [-0.4, -0.2) is 29.6 Å². The molecule has 0 amide bonds. The molecule has 0 aromatic carbocycles. The van der Waals surface area contributed by atoms with E-state index in [0.717, 1.165) is 19.5 Å². The highest BCUT2D eigenvalue weighted by molar-refractivity contribution is 8.17. The van der Waals surface area contributed by atoms with E-state index in [9.17, 15) is 4.79 Å². The number of hydrogen-bond donors (Lipinski definition) is 0. The second-order valence-corrected chi connectivity index (χ2v) is 4.86. The molecule has 72 valence electrons. The molecule has 2 aliphatic heterocycles. The summed E-state index contributed by atoms with van der Waals surface area (Å²) in [5, 5.41) is 0.350. The van der Waals surface area contributed by atoms with E-state index in [0.29, 0.717) is 11.5 Å². The average Bonchev–Trinajstić information content (AvgIpc) is 2.44. The summed E-state index contributed by atoms with van der Waals surface area (Å²) in [6.45, 7) is 5.57. The molecule has 0 radical (unpaired) electrons. The summed E-state index contributed by atoms with van der Waals surface area (Å²) in [6.07, 6.45) is 3.02. The minimum absolute atomic E-state index is 0.350. The predicted octanol–water partition coefficient (Wildman–Crippen LogP) is 2.02. The van der Waals surface area contributed by atoms with Gasteiger partial charge >= 0.3 is 0 Å². The first-order valence-corrected chi connectivity index (χ1v) is 5.75. The molecule has 0 aliphatic carbocycles. The zero-order valence-corrected chi connectivity index (χ0v) is 8.82. The summed E-state index contributed by atoms with van der Waals surface area (Å²) in [5.41, 5.74) is 1.40. The molecule has 0 N–H and O–H groups in total. The number of nitrogens with zero attached hydrogens (tertiary/aromatic N) is 1. The van der Waals surface area contributed by atoms with E-state index in [1.54, 1.807) is 0 Å². The molecule has 2 heterocycles. The molecule has 0 spiro atoms. The normalized spacial score (nSPS) is 23.9. The van der Waals surface area contributed by atoms with Gasteiger partial charge in [0.1, 0.15) is 0 Å². The SMILES string of the molecule is CCCN1CCC2=C(CC(=O)S2)C1. The summed E-state index contributed by atoms with van der Waals surface area (Å²) in [6, 6.07) is 0. The van der Waals surface area contributed by atoms with Crippen LogP contribution in [0.15, 0.2) is 10.5 Å². The lowest BCUT2D eigenvalue weighted by Crippen LogP contribution is -2.31. The summed E-state index contributed by atoms with van der Waals surface area (Å²) in [4.78, 5) is 15.0. The van der Waals surface area contributed by atoms with Crippen LogP contribution in [0.25, 0.3) is 0 Å². The van der Waals surface area contributed by atoms with E-state index in [-0.39, 0.29) is 0 Å². The van der Waals surface area contributed by atoms with Crippen LogP contribution in [0.3, 0.4) is 0 Å². The fraction of sp³-hybridized carbons (Fsp3) is 0.700. The van der Waals surface area contributed by atoms with E-state index in [4.69, 9.17) is 0 Å². The van der Waals surface area contributed by atoms with E-state index < -0.39 is 0 Å². The first-order chi connectivity index (χ1) is 6.29. The van der Waals surface area contributed by atoms with Crippen LogP contribution in [0.1, 0.15) is 26.2 Å². The smallest absolute Gasteiger partial charge is 0.197 e. The van der Waals surface area contributed by atoms with E-state index in [1.807, 2.05) is 0 Å². The Morgan fingerprint density at radius 1 is 1.54 bits per heavy atom. The van der Waals surface area contributed by atoms with Crippen LogP contribution in [0, 0.1) is 0 Å². The van der Waals surface area contributed by atoms with Crippen LogP contribution in [0.5, 0.6) is 0 Å². The lowest BCUT2D eigenvalue weighted by molar-refractivity contribution is -0.110. The van der Waals surface area contributed by atoms with Crippen molar-refractivity contribution in [2.75, 3.05) is 19.6 Å². The van der Waals surface area contributed by atoms with Crippen LogP contribution >= 0.6 is 11.8 Å². The summed E-state index contributed by atoms with van der Waals surface area (Å²) >= 11 is 1.48. The highest BCUT2D eigenvalue weighted by Crippen LogP contribution is 2.37. The van der Waals surface area contributed by atoms with Crippen molar-refractivity contribution in [3.63, 3.8) is 0 Å². The van der Waals surface area contributed by atoms with Gasteiger partial charge in [-0.3, -0.25) is 9.69 Å². The van der Waals surface area contributed by atoms with Crippen molar-refractivity contribution < 1.29 is 4.79 Å². The molecule has 2 nitrogen and oxygen atoms in total. The van der Waals surface area contributed by atoms with Gasteiger partial charge < -0.3 is 0 Å². The number of rotatable bonds is 2. The van der Waals surface area contributed by atoms with Crippen molar-refractivity contribution >= 4 is 16.9 Å². The molecule has 0 fully saturated rings. The summed E-state index contributed by atoms with van der Waals surface area (Å²) in [7, 11) is 0. The van der Waals surface area contributed by atoms with Gasteiger partial charge in [0.15, 0.2) is 5.12 Å². The van der Waals surface area contributed by atoms with Gasteiger partial charge in [-0.1, -0.05) is 18.7 Å². The highest BCUT2D eigenvalue weighted by atomic mass is 32.2. The average molecular weight is 197 g/mol. The Bertz CT molecular complexity index is 260. The Kier molecular flexibility index (Phi) is 2.74. The maximum atomic E-state index is 11.2. The molecular weight excluding hydrogens is 182 g/mol. The van der Waals surface area contributed by atoms with Crippen LogP contribution in [0.4, 0.5) is 0 Å². The second-order valence-electron chi connectivity index (χ2n) is 3.70. The van der Waals surface area contributed by atoms with Gasteiger partial charge in [-0.15, -0.1) is 0 Å². The standard InChI is InChI=1S/C10H15NOS/c1-2-4-11-5-3-9-8(7-11)6-10(12)13-9/h2-7H2,1H3. The van der Waals surface area contributed by atoms with E-state index in [2.05, 4.69) is 11.8 Å². The van der Waals surface area contributed by atoms with Crippen molar-refractivity contribution in [3.8, 4) is 0 Å². The molecule has 0 aromatic heterocycles. The lowest BCUT2D eigenvalue weighted by Gasteiger charge is -2.26. The van der Waals surface area contributed by atoms with Gasteiger partial charge in [-0.05, 0) is 29.9 Å². The zero-order chi connectivity index (χ0) is 9.26. The topological polar surface area (TPSA) is 20.3 Å². The third-order valence-corrected chi connectivity index (χ3v) is 3.71. The largest absolute Gasteiger partial charge is 0.299 e. The van der Waals surface area contributed by atoms with Crippen LogP contribution < -0.4 is 0 Å². The Balaban J connectivity index is 1.99. The molecule has 13 heavy (non-hydrogen) atoms. The lowest BCUT2D eigenvalue weighted by atomic mass is 10.1. The van der Waals surface area contributed by atoms with Crippen LogP contribution in [-0.2, 0) is 4.79 Å². The van der Waals surface area contributed by atoms with Crippen molar-refractivity contribution in [1.29, 1.82) is 0 Å². The Morgan fingerprint density at radius 3 is 3.15 bits per heavy atom. The summed E-state index contributed by atoms with van der Waals surface area (Å²) in [5.74, 6) is 0. The Morgan fingerprint density at radius 2 is 2.38 bits per heavy atom. The van der Waals surface area contributed by atoms with Crippen molar-refractivity contribution in [3.05, 3.63) is 10.5 Å². The fourth-order valence-electron chi connectivity index (χ4n) is 2.01. The predicted molar refractivity (Wildman–Crippen MR) is 55.6 cm³/mol. The molecule has 0 atom stereocenters. The van der Waals surface area contributed by atoms with Gasteiger partial charge in [0.25, 0.3) is 0 Å². The summed E-state index contributed by atoms with van der Waals surface area (Å²) < 4.78 is 0. The molecule has 2 rings (SSSR count). The van der Waals surface area contributed by atoms with Gasteiger partial charge in [-0.2, -0.15) is 0 Å².